The zero-order valence-corrected chi connectivity index (χ0v) is 11.0. The summed E-state index contributed by atoms with van der Waals surface area (Å²) < 4.78 is 11.2. The van der Waals surface area contributed by atoms with E-state index in [2.05, 4.69) is 5.32 Å². The van der Waals surface area contributed by atoms with Gasteiger partial charge in [0.15, 0.2) is 0 Å². The molecule has 1 fully saturated rings. The Balaban J connectivity index is 2.00. The van der Waals surface area contributed by atoms with E-state index in [9.17, 15) is 13.8 Å². The molecule has 19 heavy (non-hydrogen) atoms. The average molecular weight is 282 g/mol. The fourth-order valence-electron chi connectivity index (χ4n) is 1.77. The molecule has 1 aliphatic rings. The first kappa shape index (κ1) is 13.5. The molecular formula is C12H14N2O4S. The van der Waals surface area contributed by atoms with Gasteiger partial charge in [-0.05, 0) is 18.2 Å². The van der Waals surface area contributed by atoms with Gasteiger partial charge in [0, 0.05) is 41.1 Å². The lowest BCUT2D eigenvalue weighted by Crippen LogP contribution is -2.43. The summed E-state index contributed by atoms with van der Waals surface area (Å²) in [5, 5.41) is 11.5. The van der Waals surface area contributed by atoms with E-state index in [1.54, 1.807) is 17.0 Å². The van der Waals surface area contributed by atoms with Crippen LogP contribution in [0, 0.1) is 0 Å². The van der Waals surface area contributed by atoms with Crippen molar-refractivity contribution in [3.8, 4) is 0 Å². The minimum absolute atomic E-state index is 0.123. The van der Waals surface area contributed by atoms with E-state index < -0.39 is 16.8 Å². The highest BCUT2D eigenvalue weighted by Crippen LogP contribution is 2.12. The highest BCUT2D eigenvalue weighted by molar-refractivity contribution is 7.85. The Bertz CT molecular complexity index is 522. The van der Waals surface area contributed by atoms with Crippen LogP contribution in [0.1, 0.15) is 10.4 Å². The molecule has 102 valence electrons. The number of aromatic carboxylic acids is 1. The summed E-state index contributed by atoms with van der Waals surface area (Å²) in [5.41, 5.74) is 0.564. The molecular weight excluding hydrogens is 268 g/mol. The van der Waals surface area contributed by atoms with Crippen molar-refractivity contribution in [1.29, 1.82) is 0 Å². The second kappa shape index (κ2) is 5.83. The summed E-state index contributed by atoms with van der Waals surface area (Å²) >= 11 is 0. The third-order valence-electron chi connectivity index (χ3n) is 2.83. The quantitative estimate of drug-likeness (QED) is 0.846. The zero-order chi connectivity index (χ0) is 13.8. The van der Waals surface area contributed by atoms with Crippen LogP contribution >= 0.6 is 0 Å². The van der Waals surface area contributed by atoms with E-state index in [0.717, 1.165) is 0 Å². The van der Waals surface area contributed by atoms with E-state index in [-0.39, 0.29) is 11.6 Å². The smallest absolute Gasteiger partial charge is 0.335 e. The van der Waals surface area contributed by atoms with Crippen molar-refractivity contribution in [3.63, 3.8) is 0 Å². The maximum absolute atomic E-state index is 11.9. The number of rotatable bonds is 2. The van der Waals surface area contributed by atoms with Crippen LogP contribution in [0.15, 0.2) is 24.3 Å². The van der Waals surface area contributed by atoms with Crippen molar-refractivity contribution in [3.05, 3.63) is 29.8 Å². The molecule has 0 aromatic heterocycles. The molecule has 0 saturated carbocycles. The van der Waals surface area contributed by atoms with Gasteiger partial charge in [-0.25, -0.2) is 9.59 Å². The molecule has 6 nitrogen and oxygen atoms in total. The summed E-state index contributed by atoms with van der Waals surface area (Å²) in [7, 11) is -0.833. The third kappa shape index (κ3) is 3.54. The molecule has 0 aliphatic carbocycles. The molecule has 1 heterocycles. The molecule has 1 aromatic carbocycles. The predicted octanol–water partition coefficient (Wildman–Crippen LogP) is 0.981. The van der Waals surface area contributed by atoms with Crippen LogP contribution in [0.4, 0.5) is 10.5 Å². The van der Waals surface area contributed by atoms with Crippen molar-refractivity contribution < 1.29 is 18.9 Å². The minimum Gasteiger partial charge on any atom is -0.478 e. The fraction of sp³-hybridized carbons (Fsp3) is 0.333. The lowest BCUT2D eigenvalue weighted by Gasteiger charge is -2.26. The van der Waals surface area contributed by atoms with E-state index in [4.69, 9.17) is 5.11 Å². The van der Waals surface area contributed by atoms with Gasteiger partial charge in [0.2, 0.25) is 0 Å². The van der Waals surface area contributed by atoms with Crippen molar-refractivity contribution in [2.24, 2.45) is 0 Å². The number of hydrogen-bond donors (Lipinski definition) is 2. The Morgan fingerprint density at radius 1 is 1.26 bits per heavy atom. The monoisotopic (exact) mass is 282 g/mol. The van der Waals surface area contributed by atoms with Gasteiger partial charge in [0.25, 0.3) is 0 Å². The summed E-state index contributed by atoms with van der Waals surface area (Å²) in [6.45, 7) is 0.911. The van der Waals surface area contributed by atoms with Gasteiger partial charge < -0.3 is 15.3 Å². The number of urea groups is 1. The van der Waals surface area contributed by atoms with Crippen LogP contribution in [-0.4, -0.2) is 50.8 Å². The Hall–Kier alpha value is -1.89. The largest absolute Gasteiger partial charge is 0.478 e. The number of carboxylic acid groups (broad SMARTS) is 1. The Labute approximate surface area is 112 Å². The van der Waals surface area contributed by atoms with Crippen molar-refractivity contribution in [2.75, 3.05) is 29.9 Å². The molecule has 2 rings (SSSR count). The lowest BCUT2D eigenvalue weighted by atomic mass is 10.2. The van der Waals surface area contributed by atoms with Crippen LogP contribution in [0.3, 0.4) is 0 Å². The maximum Gasteiger partial charge on any atom is 0.335 e. The summed E-state index contributed by atoms with van der Waals surface area (Å²) in [4.78, 5) is 24.3. The Morgan fingerprint density at radius 2 is 1.95 bits per heavy atom. The number of anilines is 1. The van der Waals surface area contributed by atoms with Gasteiger partial charge >= 0.3 is 12.0 Å². The summed E-state index contributed by atoms with van der Waals surface area (Å²) in [6.07, 6.45) is 0. The molecule has 0 unspecified atom stereocenters. The number of carboxylic acids is 1. The maximum atomic E-state index is 11.9. The second-order valence-electron chi connectivity index (χ2n) is 4.15. The number of amides is 2. The molecule has 1 aliphatic heterocycles. The predicted molar refractivity (Wildman–Crippen MR) is 71.9 cm³/mol. The van der Waals surface area contributed by atoms with Crippen LogP contribution < -0.4 is 5.32 Å². The zero-order valence-electron chi connectivity index (χ0n) is 10.2. The van der Waals surface area contributed by atoms with Crippen LogP contribution in [0.5, 0.6) is 0 Å². The van der Waals surface area contributed by atoms with Crippen LogP contribution in [0.25, 0.3) is 0 Å². The number of hydrogen-bond acceptors (Lipinski definition) is 3. The first-order chi connectivity index (χ1) is 9.06. The number of carbonyl (C=O) groups is 2. The fourth-order valence-corrected chi connectivity index (χ4v) is 2.83. The molecule has 0 radical (unpaired) electrons. The topological polar surface area (TPSA) is 86.7 Å². The van der Waals surface area contributed by atoms with Crippen LogP contribution in [0.2, 0.25) is 0 Å². The Morgan fingerprint density at radius 3 is 2.58 bits per heavy atom. The van der Waals surface area contributed by atoms with E-state index >= 15 is 0 Å². The van der Waals surface area contributed by atoms with Gasteiger partial charge in [-0.1, -0.05) is 6.07 Å². The minimum atomic E-state index is -1.04. The van der Waals surface area contributed by atoms with Gasteiger partial charge in [-0.3, -0.25) is 4.21 Å². The van der Waals surface area contributed by atoms with Crippen molar-refractivity contribution in [2.45, 2.75) is 0 Å². The SMILES string of the molecule is O=C(O)c1cccc(NC(=O)N2CCS(=O)CC2)c1. The lowest BCUT2D eigenvalue weighted by molar-refractivity contribution is 0.0697. The standard InChI is InChI=1S/C12H14N2O4S/c15-11(16)9-2-1-3-10(8-9)13-12(17)14-4-6-19(18)7-5-14/h1-3,8H,4-7H2,(H,13,17)(H,15,16). The molecule has 2 N–H and O–H groups in total. The van der Waals surface area contributed by atoms with Crippen molar-refractivity contribution in [1.82, 2.24) is 4.90 Å². The van der Waals surface area contributed by atoms with Gasteiger partial charge in [-0.15, -0.1) is 0 Å². The normalized spacial score (nSPS) is 16.1. The number of nitrogens with one attached hydrogen (secondary N) is 1. The summed E-state index contributed by atoms with van der Waals surface area (Å²) in [6, 6.07) is 5.78. The number of nitrogens with zero attached hydrogens (tertiary/aromatic N) is 1. The van der Waals surface area contributed by atoms with Crippen molar-refractivity contribution >= 4 is 28.5 Å². The third-order valence-corrected chi connectivity index (χ3v) is 4.10. The van der Waals surface area contributed by atoms with E-state index in [1.807, 2.05) is 0 Å². The molecule has 1 aromatic rings. The molecule has 7 heteroatoms. The molecule has 0 spiro atoms. The molecule has 1 saturated heterocycles. The van der Waals surface area contributed by atoms with E-state index in [1.165, 1.54) is 12.1 Å². The molecule has 2 amide bonds. The van der Waals surface area contributed by atoms with Gasteiger partial charge in [0.05, 0.1) is 5.56 Å². The highest BCUT2D eigenvalue weighted by atomic mass is 32.2. The first-order valence-corrected chi connectivity index (χ1v) is 7.29. The average Bonchev–Trinajstić information content (AvgIpc) is 2.39. The first-order valence-electron chi connectivity index (χ1n) is 5.80. The second-order valence-corrected chi connectivity index (χ2v) is 5.85. The highest BCUT2D eigenvalue weighted by Gasteiger charge is 2.20. The van der Waals surface area contributed by atoms with E-state index in [0.29, 0.717) is 30.3 Å². The van der Waals surface area contributed by atoms with Gasteiger partial charge in [0.1, 0.15) is 0 Å². The number of carbonyl (C=O) groups excluding carboxylic acids is 1. The molecule has 0 bridgehead atoms. The Kier molecular flexibility index (Phi) is 4.16. The van der Waals surface area contributed by atoms with Crippen LogP contribution in [-0.2, 0) is 10.8 Å². The summed E-state index contributed by atoms with van der Waals surface area (Å²) in [5.74, 6) is -0.0602. The number of benzene rings is 1. The van der Waals surface area contributed by atoms with Gasteiger partial charge in [-0.2, -0.15) is 0 Å². The molecule has 0 atom stereocenters.